The van der Waals surface area contributed by atoms with Crippen LogP contribution >= 0.6 is 0 Å². The summed E-state index contributed by atoms with van der Waals surface area (Å²) in [5, 5.41) is 6.89. The summed E-state index contributed by atoms with van der Waals surface area (Å²) in [5.41, 5.74) is 8.43. The third kappa shape index (κ3) is 2.52. The maximum absolute atomic E-state index is 2.35. The first-order valence-electron chi connectivity index (χ1n) is 10.4. The molecule has 4 aromatic rings. The van der Waals surface area contributed by atoms with E-state index in [1.807, 2.05) is 0 Å². The zero-order chi connectivity index (χ0) is 19.3. The van der Waals surface area contributed by atoms with Crippen molar-refractivity contribution in [1.82, 2.24) is 0 Å². The molecule has 0 N–H and O–H groups in total. The molecule has 138 valence electrons. The number of fused-ring (bicyclic) bond motifs is 1. The van der Waals surface area contributed by atoms with Gasteiger partial charge in [0.15, 0.2) is 0 Å². The lowest BCUT2D eigenvalue weighted by molar-refractivity contribution is 0.972. The highest BCUT2D eigenvalue weighted by molar-refractivity contribution is 6.16. The van der Waals surface area contributed by atoms with Crippen molar-refractivity contribution in [2.24, 2.45) is 0 Å². The van der Waals surface area contributed by atoms with Crippen LogP contribution in [0.1, 0.15) is 42.0 Å². The molecular formula is C28H26. The van der Waals surface area contributed by atoms with Crippen molar-refractivity contribution < 1.29 is 0 Å². The van der Waals surface area contributed by atoms with Crippen LogP contribution in [0, 0.1) is 13.8 Å². The highest BCUT2D eigenvalue weighted by atomic mass is 14.2. The fourth-order valence-electron chi connectivity index (χ4n) is 4.94. The highest BCUT2D eigenvalue weighted by Gasteiger charge is 2.16. The van der Waals surface area contributed by atoms with Crippen LogP contribution in [-0.4, -0.2) is 0 Å². The lowest BCUT2D eigenvalue weighted by Gasteiger charge is -2.20. The van der Waals surface area contributed by atoms with Gasteiger partial charge in [0.05, 0.1) is 0 Å². The molecule has 0 fully saturated rings. The second kappa shape index (κ2) is 6.63. The minimum atomic E-state index is 1.06. The lowest BCUT2D eigenvalue weighted by Crippen LogP contribution is -2.04. The molecule has 0 atom stereocenters. The molecule has 4 aromatic carbocycles. The van der Waals surface area contributed by atoms with Crippen molar-refractivity contribution in [3.63, 3.8) is 0 Å². The topological polar surface area (TPSA) is 0 Å². The van der Waals surface area contributed by atoms with Gasteiger partial charge in [-0.25, -0.2) is 0 Å². The van der Waals surface area contributed by atoms with Crippen LogP contribution in [0.4, 0.5) is 0 Å². The summed E-state index contributed by atoms with van der Waals surface area (Å²) in [6.07, 6.45) is 10.4. The second-order valence-corrected chi connectivity index (χ2v) is 8.05. The summed E-state index contributed by atoms with van der Waals surface area (Å²) in [6, 6.07) is 18.4. The molecule has 0 aliphatic heterocycles. The van der Waals surface area contributed by atoms with E-state index in [2.05, 4.69) is 87.5 Å². The molecule has 28 heavy (non-hydrogen) atoms. The van der Waals surface area contributed by atoms with Crippen molar-refractivity contribution in [3.05, 3.63) is 82.1 Å². The summed E-state index contributed by atoms with van der Waals surface area (Å²) < 4.78 is 0. The maximum Gasteiger partial charge on any atom is -0.00240 e. The molecule has 0 amide bonds. The third-order valence-corrected chi connectivity index (χ3v) is 6.30. The average Bonchev–Trinajstić information content (AvgIpc) is 2.72. The van der Waals surface area contributed by atoms with Gasteiger partial charge in [-0.05, 0) is 93.3 Å². The Hall–Kier alpha value is -2.86. The van der Waals surface area contributed by atoms with E-state index in [0.717, 1.165) is 19.3 Å². The molecule has 0 bridgehead atoms. The molecule has 0 unspecified atom stereocenters. The van der Waals surface area contributed by atoms with Crippen LogP contribution in [-0.2, 0) is 6.42 Å². The van der Waals surface area contributed by atoms with Crippen LogP contribution in [0.3, 0.4) is 0 Å². The summed E-state index contributed by atoms with van der Waals surface area (Å²) in [7, 11) is 0. The van der Waals surface area contributed by atoms with Crippen molar-refractivity contribution in [2.75, 3.05) is 0 Å². The Bertz CT molecular complexity index is 1300. The van der Waals surface area contributed by atoms with Gasteiger partial charge in [-0.2, -0.15) is 0 Å². The zero-order valence-corrected chi connectivity index (χ0v) is 17.0. The van der Waals surface area contributed by atoms with Crippen molar-refractivity contribution in [1.29, 1.82) is 0 Å². The van der Waals surface area contributed by atoms with E-state index in [0.29, 0.717) is 0 Å². The monoisotopic (exact) mass is 362 g/mol. The van der Waals surface area contributed by atoms with Crippen molar-refractivity contribution in [3.8, 4) is 11.1 Å². The Morgan fingerprint density at radius 3 is 2.46 bits per heavy atom. The molecule has 0 heteroatoms. The van der Waals surface area contributed by atoms with Gasteiger partial charge < -0.3 is 0 Å². The van der Waals surface area contributed by atoms with Crippen molar-refractivity contribution in [2.45, 2.75) is 40.0 Å². The Morgan fingerprint density at radius 2 is 1.61 bits per heavy atom. The van der Waals surface area contributed by atoms with E-state index in [-0.39, 0.29) is 0 Å². The van der Waals surface area contributed by atoms with Gasteiger partial charge in [0, 0.05) is 0 Å². The van der Waals surface area contributed by atoms with E-state index in [1.165, 1.54) is 60.1 Å². The molecule has 5 rings (SSSR count). The normalized spacial score (nSPS) is 14.2. The maximum atomic E-state index is 2.35. The fourth-order valence-corrected chi connectivity index (χ4v) is 4.94. The second-order valence-electron chi connectivity index (χ2n) is 8.05. The molecular weight excluding hydrogens is 336 g/mol. The van der Waals surface area contributed by atoms with E-state index < -0.39 is 0 Å². The van der Waals surface area contributed by atoms with Crippen LogP contribution in [0.5, 0.6) is 0 Å². The number of rotatable bonds is 2. The van der Waals surface area contributed by atoms with Crippen LogP contribution in [0.15, 0.2) is 54.6 Å². The molecule has 0 heterocycles. The molecule has 0 aromatic heterocycles. The Morgan fingerprint density at radius 1 is 0.821 bits per heavy atom. The Balaban J connectivity index is 1.91. The Labute approximate surface area is 167 Å². The van der Waals surface area contributed by atoms with E-state index in [1.54, 1.807) is 0 Å². The fraction of sp³-hybridized carbons (Fsp3) is 0.214. The number of hydrogen-bond donors (Lipinski definition) is 0. The molecule has 1 aliphatic carbocycles. The first-order chi connectivity index (χ1) is 13.7. The predicted octanol–water partition coefficient (Wildman–Crippen LogP) is 7.15. The van der Waals surface area contributed by atoms with E-state index in [4.69, 9.17) is 0 Å². The molecule has 0 saturated carbocycles. The van der Waals surface area contributed by atoms with Crippen LogP contribution in [0.25, 0.3) is 44.8 Å². The smallest absolute Gasteiger partial charge is 0.00240 e. The van der Waals surface area contributed by atoms with Gasteiger partial charge in [-0.15, -0.1) is 0 Å². The van der Waals surface area contributed by atoms with Gasteiger partial charge in [0.1, 0.15) is 0 Å². The molecule has 0 saturated heterocycles. The van der Waals surface area contributed by atoms with Gasteiger partial charge in [-0.1, -0.05) is 73.7 Å². The summed E-state index contributed by atoms with van der Waals surface area (Å²) in [5.74, 6) is 0. The van der Waals surface area contributed by atoms with Gasteiger partial charge in [-0.3, -0.25) is 0 Å². The predicted molar refractivity (Wildman–Crippen MR) is 124 cm³/mol. The largest absolute Gasteiger partial charge is 0.0836 e. The SMILES string of the molecule is CC/C=c1/ccc2ccc(-c3ccc(C)c4c3C=CCC4)c3ccc(C)c1c23. The minimum Gasteiger partial charge on any atom is -0.0836 e. The first kappa shape index (κ1) is 17.3. The first-order valence-corrected chi connectivity index (χ1v) is 10.4. The van der Waals surface area contributed by atoms with Crippen molar-refractivity contribution >= 4 is 33.7 Å². The summed E-state index contributed by atoms with van der Waals surface area (Å²) in [6.45, 7) is 6.70. The summed E-state index contributed by atoms with van der Waals surface area (Å²) >= 11 is 0. The minimum absolute atomic E-state index is 1.06. The number of aryl methyl sites for hydroxylation is 2. The van der Waals surface area contributed by atoms with E-state index in [9.17, 15) is 0 Å². The van der Waals surface area contributed by atoms with Gasteiger partial charge in [0.25, 0.3) is 0 Å². The summed E-state index contributed by atoms with van der Waals surface area (Å²) in [4.78, 5) is 0. The number of hydrogen-bond acceptors (Lipinski definition) is 0. The molecule has 0 spiro atoms. The van der Waals surface area contributed by atoms with Crippen LogP contribution in [0.2, 0.25) is 0 Å². The molecule has 0 nitrogen and oxygen atoms in total. The molecule has 0 radical (unpaired) electrons. The number of benzene rings is 4. The standard InChI is InChI=1S/C28H26/c1-4-7-20-12-13-21-14-17-25(26-16-11-19(3)27(20)28(21)26)24-15-10-18(2)22-8-5-6-9-23(22)24/h6-7,9-17H,4-5,8H2,1-3H3/b20-7-. The average molecular weight is 363 g/mol. The number of allylic oxidation sites excluding steroid dienone is 1. The Kier molecular flexibility index (Phi) is 4.09. The van der Waals surface area contributed by atoms with Gasteiger partial charge >= 0.3 is 0 Å². The third-order valence-electron chi connectivity index (χ3n) is 6.30. The molecule has 1 aliphatic rings. The highest BCUT2D eigenvalue weighted by Crippen LogP contribution is 2.39. The van der Waals surface area contributed by atoms with Gasteiger partial charge in [0.2, 0.25) is 0 Å². The van der Waals surface area contributed by atoms with E-state index >= 15 is 0 Å². The lowest BCUT2D eigenvalue weighted by atomic mass is 9.84. The quantitative estimate of drug-likeness (QED) is 0.355. The van der Waals surface area contributed by atoms with Crippen LogP contribution < -0.4 is 5.22 Å². The zero-order valence-electron chi connectivity index (χ0n) is 17.0.